The molecule has 2 unspecified atom stereocenters. The van der Waals surface area contributed by atoms with Crippen LogP contribution in [0.15, 0.2) is 18.2 Å². The summed E-state index contributed by atoms with van der Waals surface area (Å²) in [5.41, 5.74) is 8.40. The number of Topliss-reactive ketones (excluding diaryl/α,β-unsaturated/α-hetero) is 1. The van der Waals surface area contributed by atoms with Crippen LogP contribution in [0.1, 0.15) is 54.9 Å². The van der Waals surface area contributed by atoms with E-state index in [9.17, 15) is 4.79 Å². The summed E-state index contributed by atoms with van der Waals surface area (Å²) >= 11 is 0. The topological polar surface area (TPSA) is 43.1 Å². The fourth-order valence-corrected chi connectivity index (χ4v) is 2.96. The highest BCUT2D eigenvalue weighted by Crippen LogP contribution is 2.33. The second kappa shape index (κ2) is 5.55. The lowest BCUT2D eigenvalue weighted by molar-refractivity contribution is 0.0862. The van der Waals surface area contributed by atoms with E-state index in [-0.39, 0.29) is 5.92 Å². The summed E-state index contributed by atoms with van der Waals surface area (Å²) in [5, 5.41) is 0. The lowest BCUT2D eigenvalue weighted by Crippen LogP contribution is -2.23. The Bertz CT molecular complexity index is 439. The quantitative estimate of drug-likeness (QED) is 0.646. The Kier molecular flexibility index (Phi) is 4.05. The van der Waals surface area contributed by atoms with Crippen molar-refractivity contribution in [2.45, 2.75) is 46.0 Å². The first kappa shape index (κ1) is 13.1. The minimum atomic E-state index is 0.228. The number of hydrogen-bond acceptors (Lipinski definition) is 2. The second-order valence-electron chi connectivity index (χ2n) is 5.57. The van der Waals surface area contributed by atoms with Gasteiger partial charge in [-0.15, -0.1) is 0 Å². The standard InChI is InChI=1S/C16H23NO/c1-3-12-5-4-6-13(10-12)16(18)14-7-8-15(17)11(2)9-14/h7-9,12-13H,3-6,10,17H2,1-2H3. The molecular formula is C16H23NO. The maximum atomic E-state index is 12.5. The number of ketones is 1. The normalized spacial score (nSPS) is 23.9. The van der Waals surface area contributed by atoms with Crippen LogP contribution in [0.2, 0.25) is 0 Å². The lowest BCUT2D eigenvalue weighted by Gasteiger charge is -2.27. The molecule has 2 nitrogen and oxygen atoms in total. The molecule has 1 aromatic carbocycles. The van der Waals surface area contributed by atoms with Crippen LogP contribution in [-0.4, -0.2) is 5.78 Å². The molecule has 2 rings (SSSR count). The van der Waals surface area contributed by atoms with E-state index in [1.54, 1.807) is 0 Å². The molecule has 0 bridgehead atoms. The Labute approximate surface area is 110 Å². The van der Waals surface area contributed by atoms with Gasteiger partial charge in [-0.05, 0) is 49.4 Å². The fraction of sp³-hybridized carbons (Fsp3) is 0.562. The van der Waals surface area contributed by atoms with Gasteiger partial charge in [-0.3, -0.25) is 4.79 Å². The fourth-order valence-electron chi connectivity index (χ4n) is 2.96. The molecule has 1 aromatic rings. The molecular weight excluding hydrogens is 222 g/mol. The highest BCUT2D eigenvalue weighted by molar-refractivity contribution is 5.98. The second-order valence-corrected chi connectivity index (χ2v) is 5.57. The highest BCUT2D eigenvalue weighted by Gasteiger charge is 2.27. The third kappa shape index (κ3) is 2.74. The van der Waals surface area contributed by atoms with Gasteiger partial charge in [0.1, 0.15) is 0 Å². The van der Waals surface area contributed by atoms with Crippen LogP contribution in [0.3, 0.4) is 0 Å². The smallest absolute Gasteiger partial charge is 0.165 e. The number of hydrogen-bond donors (Lipinski definition) is 1. The van der Waals surface area contributed by atoms with Gasteiger partial charge >= 0.3 is 0 Å². The zero-order valence-corrected chi connectivity index (χ0v) is 11.4. The van der Waals surface area contributed by atoms with Gasteiger partial charge in [-0.2, -0.15) is 0 Å². The maximum absolute atomic E-state index is 12.5. The number of nitrogen functional groups attached to an aromatic ring is 1. The number of benzene rings is 1. The first-order chi connectivity index (χ1) is 8.61. The zero-order valence-electron chi connectivity index (χ0n) is 11.4. The average molecular weight is 245 g/mol. The third-order valence-electron chi connectivity index (χ3n) is 4.29. The van der Waals surface area contributed by atoms with Gasteiger partial charge in [0.2, 0.25) is 0 Å². The number of rotatable bonds is 3. The van der Waals surface area contributed by atoms with E-state index >= 15 is 0 Å². The first-order valence-electron chi connectivity index (χ1n) is 7.02. The Balaban J connectivity index is 2.12. The van der Waals surface area contributed by atoms with Gasteiger partial charge in [0.05, 0.1) is 0 Å². The predicted molar refractivity (Wildman–Crippen MR) is 75.7 cm³/mol. The summed E-state index contributed by atoms with van der Waals surface area (Å²) < 4.78 is 0. The molecule has 0 spiro atoms. The van der Waals surface area contributed by atoms with Gasteiger partial charge in [0.15, 0.2) is 5.78 Å². The highest BCUT2D eigenvalue weighted by atomic mass is 16.1. The Morgan fingerprint density at radius 3 is 2.83 bits per heavy atom. The van der Waals surface area contributed by atoms with Crippen molar-refractivity contribution in [3.63, 3.8) is 0 Å². The van der Waals surface area contributed by atoms with Crippen LogP contribution in [0.4, 0.5) is 5.69 Å². The number of carbonyl (C=O) groups excluding carboxylic acids is 1. The Hall–Kier alpha value is -1.31. The van der Waals surface area contributed by atoms with E-state index in [0.717, 1.165) is 35.6 Å². The van der Waals surface area contributed by atoms with Crippen molar-refractivity contribution in [3.8, 4) is 0 Å². The molecule has 18 heavy (non-hydrogen) atoms. The summed E-state index contributed by atoms with van der Waals surface area (Å²) in [7, 11) is 0. The Morgan fingerprint density at radius 2 is 2.17 bits per heavy atom. The van der Waals surface area contributed by atoms with E-state index < -0.39 is 0 Å². The van der Waals surface area contributed by atoms with Crippen molar-refractivity contribution in [2.24, 2.45) is 11.8 Å². The SMILES string of the molecule is CCC1CCCC(C(=O)c2ccc(N)c(C)c2)C1. The van der Waals surface area contributed by atoms with E-state index in [1.807, 2.05) is 25.1 Å². The van der Waals surface area contributed by atoms with Crippen molar-refractivity contribution >= 4 is 11.5 Å². The molecule has 2 heteroatoms. The average Bonchev–Trinajstić information content (AvgIpc) is 2.41. The molecule has 0 aromatic heterocycles. The van der Waals surface area contributed by atoms with Gasteiger partial charge in [-0.1, -0.05) is 26.2 Å². The maximum Gasteiger partial charge on any atom is 0.165 e. The molecule has 1 aliphatic rings. The van der Waals surface area contributed by atoms with E-state index in [2.05, 4.69) is 6.92 Å². The number of carbonyl (C=O) groups is 1. The van der Waals surface area contributed by atoms with Gasteiger partial charge in [0, 0.05) is 17.2 Å². The number of anilines is 1. The van der Waals surface area contributed by atoms with Crippen LogP contribution < -0.4 is 5.73 Å². The van der Waals surface area contributed by atoms with E-state index in [1.165, 1.54) is 19.3 Å². The van der Waals surface area contributed by atoms with E-state index in [4.69, 9.17) is 5.73 Å². The molecule has 1 saturated carbocycles. The van der Waals surface area contributed by atoms with Crippen LogP contribution in [0.5, 0.6) is 0 Å². The zero-order chi connectivity index (χ0) is 13.1. The first-order valence-corrected chi connectivity index (χ1v) is 7.02. The molecule has 98 valence electrons. The van der Waals surface area contributed by atoms with Crippen LogP contribution >= 0.6 is 0 Å². The van der Waals surface area contributed by atoms with Crippen LogP contribution in [-0.2, 0) is 0 Å². The van der Waals surface area contributed by atoms with E-state index in [0.29, 0.717) is 5.78 Å². The summed E-state index contributed by atoms with van der Waals surface area (Å²) in [4.78, 5) is 12.5. The summed E-state index contributed by atoms with van der Waals surface area (Å²) in [6.45, 7) is 4.19. The summed E-state index contributed by atoms with van der Waals surface area (Å²) in [6, 6.07) is 5.66. The third-order valence-corrected chi connectivity index (χ3v) is 4.29. The van der Waals surface area contributed by atoms with Gasteiger partial charge in [0.25, 0.3) is 0 Å². The Morgan fingerprint density at radius 1 is 1.39 bits per heavy atom. The summed E-state index contributed by atoms with van der Waals surface area (Å²) in [5.74, 6) is 1.28. The van der Waals surface area contributed by atoms with Crippen LogP contribution in [0.25, 0.3) is 0 Å². The molecule has 0 heterocycles. The van der Waals surface area contributed by atoms with Crippen molar-refractivity contribution < 1.29 is 4.79 Å². The minimum Gasteiger partial charge on any atom is -0.399 e. The summed E-state index contributed by atoms with van der Waals surface area (Å²) in [6.07, 6.45) is 5.81. The van der Waals surface area contributed by atoms with Crippen molar-refractivity contribution in [1.82, 2.24) is 0 Å². The van der Waals surface area contributed by atoms with Crippen LogP contribution in [0, 0.1) is 18.8 Å². The monoisotopic (exact) mass is 245 g/mol. The lowest BCUT2D eigenvalue weighted by atomic mass is 9.77. The van der Waals surface area contributed by atoms with Gasteiger partial charge in [-0.25, -0.2) is 0 Å². The molecule has 0 amide bonds. The molecule has 0 radical (unpaired) electrons. The molecule has 2 N–H and O–H groups in total. The molecule has 0 aliphatic heterocycles. The van der Waals surface area contributed by atoms with Crippen molar-refractivity contribution in [1.29, 1.82) is 0 Å². The number of aryl methyl sites for hydroxylation is 1. The largest absolute Gasteiger partial charge is 0.399 e. The molecule has 0 saturated heterocycles. The van der Waals surface area contributed by atoms with Crippen molar-refractivity contribution in [3.05, 3.63) is 29.3 Å². The predicted octanol–water partition coefficient (Wildman–Crippen LogP) is 3.98. The minimum absolute atomic E-state index is 0.228. The van der Waals surface area contributed by atoms with Gasteiger partial charge < -0.3 is 5.73 Å². The molecule has 1 fully saturated rings. The number of nitrogens with two attached hydrogens (primary N) is 1. The molecule has 2 atom stereocenters. The van der Waals surface area contributed by atoms with Crippen molar-refractivity contribution in [2.75, 3.05) is 5.73 Å². The molecule has 1 aliphatic carbocycles.